The Hall–Kier alpha value is -2.50. The highest BCUT2D eigenvalue weighted by molar-refractivity contribution is 5.97. The molecule has 0 aliphatic rings. The van der Waals surface area contributed by atoms with Gasteiger partial charge in [0, 0.05) is 43.8 Å². The van der Waals surface area contributed by atoms with Gasteiger partial charge in [-0.1, -0.05) is 5.16 Å². The molecule has 0 unspecified atom stereocenters. The Kier molecular flexibility index (Phi) is 4.60. The van der Waals surface area contributed by atoms with Gasteiger partial charge in [0.2, 0.25) is 0 Å². The second kappa shape index (κ2) is 6.60. The van der Waals surface area contributed by atoms with Crippen molar-refractivity contribution in [1.29, 1.82) is 0 Å². The van der Waals surface area contributed by atoms with Gasteiger partial charge in [0.05, 0.1) is 6.33 Å². The quantitative estimate of drug-likeness (QED) is 0.362. The average molecular weight is 273 g/mol. The van der Waals surface area contributed by atoms with Gasteiger partial charge in [-0.25, -0.2) is 4.98 Å². The Labute approximate surface area is 118 Å². The van der Waals surface area contributed by atoms with Crippen LogP contribution in [0.2, 0.25) is 0 Å². The minimum absolute atomic E-state index is 0.124. The maximum absolute atomic E-state index is 8.62. The third-order valence-electron chi connectivity index (χ3n) is 3.18. The Morgan fingerprint density at radius 3 is 2.75 bits per heavy atom. The van der Waals surface area contributed by atoms with E-state index in [4.69, 9.17) is 10.9 Å². The van der Waals surface area contributed by atoms with Crippen molar-refractivity contribution in [2.45, 2.75) is 13.0 Å². The van der Waals surface area contributed by atoms with Gasteiger partial charge in [-0.2, -0.15) is 0 Å². The number of aryl methyl sites for hydroxylation is 1. The molecule has 0 amide bonds. The van der Waals surface area contributed by atoms with Crippen molar-refractivity contribution in [3.8, 4) is 0 Å². The van der Waals surface area contributed by atoms with Crippen molar-refractivity contribution in [2.75, 3.05) is 18.5 Å². The van der Waals surface area contributed by atoms with E-state index in [1.165, 1.54) is 0 Å². The Morgan fingerprint density at radius 2 is 2.15 bits per heavy atom. The van der Waals surface area contributed by atoms with E-state index >= 15 is 0 Å². The molecule has 3 N–H and O–H groups in total. The maximum atomic E-state index is 8.62. The van der Waals surface area contributed by atoms with Gasteiger partial charge in [-0.05, 0) is 30.7 Å². The summed E-state index contributed by atoms with van der Waals surface area (Å²) >= 11 is 0. The first-order valence-corrected chi connectivity index (χ1v) is 6.45. The van der Waals surface area contributed by atoms with Crippen molar-refractivity contribution in [3.63, 3.8) is 0 Å². The first-order valence-electron chi connectivity index (χ1n) is 6.45. The van der Waals surface area contributed by atoms with Crippen LogP contribution in [0.15, 0.2) is 48.1 Å². The lowest BCUT2D eigenvalue weighted by atomic mass is 10.2. The van der Waals surface area contributed by atoms with Crippen LogP contribution in [-0.2, 0) is 6.54 Å². The number of imidazole rings is 1. The zero-order valence-electron chi connectivity index (χ0n) is 11.5. The molecule has 0 aliphatic carbocycles. The third-order valence-corrected chi connectivity index (χ3v) is 3.18. The van der Waals surface area contributed by atoms with Crippen molar-refractivity contribution in [1.82, 2.24) is 9.55 Å². The summed E-state index contributed by atoms with van der Waals surface area (Å²) in [5, 5.41) is 11.6. The predicted molar refractivity (Wildman–Crippen MR) is 79.1 cm³/mol. The predicted octanol–water partition coefficient (Wildman–Crippen LogP) is 1.50. The van der Waals surface area contributed by atoms with Gasteiger partial charge in [0.15, 0.2) is 5.84 Å². The summed E-state index contributed by atoms with van der Waals surface area (Å²) in [7, 11) is 2.05. The zero-order valence-corrected chi connectivity index (χ0v) is 11.5. The van der Waals surface area contributed by atoms with Crippen LogP contribution in [0.4, 0.5) is 5.69 Å². The number of oxime groups is 1. The second-order valence-corrected chi connectivity index (χ2v) is 4.61. The van der Waals surface area contributed by atoms with Crippen molar-refractivity contribution in [2.24, 2.45) is 10.9 Å². The fraction of sp³-hybridized carbons (Fsp3) is 0.286. The van der Waals surface area contributed by atoms with Crippen molar-refractivity contribution >= 4 is 11.5 Å². The molecule has 6 nitrogen and oxygen atoms in total. The van der Waals surface area contributed by atoms with Gasteiger partial charge >= 0.3 is 0 Å². The van der Waals surface area contributed by atoms with Gasteiger partial charge in [-0.3, -0.25) is 0 Å². The Morgan fingerprint density at radius 1 is 1.40 bits per heavy atom. The molecule has 0 bridgehead atoms. The molecule has 0 radical (unpaired) electrons. The van der Waals surface area contributed by atoms with Crippen LogP contribution in [0.3, 0.4) is 0 Å². The van der Waals surface area contributed by atoms with Gasteiger partial charge in [0.25, 0.3) is 0 Å². The highest BCUT2D eigenvalue weighted by atomic mass is 16.4. The van der Waals surface area contributed by atoms with Crippen LogP contribution in [-0.4, -0.2) is 34.2 Å². The van der Waals surface area contributed by atoms with E-state index in [0.29, 0.717) is 5.56 Å². The lowest BCUT2D eigenvalue weighted by Gasteiger charge is -2.19. The molecule has 0 spiro atoms. The molecule has 2 aromatic rings. The summed E-state index contributed by atoms with van der Waals surface area (Å²) in [5.41, 5.74) is 7.35. The first-order chi connectivity index (χ1) is 9.70. The smallest absolute Gasteiger partial charge is 0.170 e. The molecule has 1 aromatic carbocycles. The molecular formula is C14H19N5O. The molecule has 0 fully saturated rings. The fourth-order valence-corrected chi connectivity index (χ4v) is 1.98. The van der Waals surface area contributed by atoms with E-state index in [9.17, 15) is 0 Å². The Bertz CT molecular complexity index is 547. The van der Waals surface area contributed by atoms with E-state index in [1.807, 2.05) is 43.8 Å². The summed E-state index contributed by atoms with van der Waals surface area (Å²) in [6.07, 6.45) is 6.61. The average Bonchev–Trinajstić information content (AvgIpc) is 2.99. The van der Waals surface area contributed by atoms with Crippen LogP contribution in [0.25, 0.3) is 0 Å². The van der Waals surface area contributed by atoms with Crippen LogP contribution in [0, 0.1) is 0 Å². The molecule has 20 heavy (non-hydrogen) atoms. The number of benzene rings is 1. The monoisotopic (exact) mass is 273 g/mol. The van der Waals surface area contributed by atoms with Crippen LogP contribution in [0.5, 0.6) is 0 Å². The number of nitrogens with zero attached hydrogens (tertiary/aromatic N) is 4. The zero-order chi connectivity index (χ0) is 14.4. The summed E-state index contributed by atoms with van der Waals surface area (Å²) in [4.78, 5) is 6.19. The number of hydrogen-bond acceptors (Lipinski definition) is 4. The highest BCUT2D eigenvalue weighted by Gasteiger charge is 2.03. The highest BCUT2D eigenvalue weighted by Crippen LogP contribution is 2.14. The number of nitrogens with two attached hydrogens (primary N) is 1. The molecule has 0 atom stereocenters. The molecule has 1 aromatic heterocycles. The van der Waals surface area contributed by atoms with E-state index < -0.39 is 0 Å². The van der Waals surface area contributed by atoms with Gasteiger partial charge in [0.1, 0.15) is 0 Å². The molecule has 6 heteroatoms. The summed E-state index contributed by atoms with van der Waals surface area (Å²) in [6.45, 7) is 1.90. The maximum Gasteiger partial charge on any atom is 0.170 e. The lowest BCUT2D eigenvalue weighted by Crippen LogP contribution is -2.20. The molecule has 1 heterocycles. The largest absolute Gasteiger partial charge is 0.409 e. The van der Waals surface area contributed by atoms with Crippen LogP contribution < -0.4 is 10.6 Å². The van der Waals surface area contributed by atoms with Crippen LogP contribution in [0.1, 0.15) is 12.0 Å². The molecule has 2 rings (SSSR count). The SMILES string of the molecule is CN(CCCn1ccnc1)c1ccc(C(N)=NO)cc1. The summed E-state index contributed by atoms with van der Waals surface area (Å²) in [5.74, 6) is 0.124. The Balaban J connectivity index is 1.87. The summed E-state index contributed by atoms with van der Waals surface area (Å²) in [6, 6.07) is 7.61. The van der Waals surface area contributed by atoms with Gasteiger partial charge < -0.3 is 20.4 Å². The minimum atomic E-state index is 0.124. The normalized spacial score (nSPS) is 11.6. The first kappa shape index (κ1) is 13.9. The topological polar surface area (TPSA) is 79.7 Å². The minimum Gasteiger partial charge on any atom is -0.409 e. The van der Waals surface area contributed by atoms with E-state index in [0.717, 1.165) is 25.2 Å². The molecular weight excluding hydrogens is 254 g/mol. The molecule has 106 valence electrons. The van der Waals surface area contributed by atoms with E-state index in [2.05, 4.69) is 19.6 Å². The summed E-state index contributed by atoms with van der Waals surface area (Å²) < 4.78 is 2.06. The number of rotatable bonds is 6. The number of anilines is 1. The van der Waals surface area contributed by atoms with E-state index in [-0.39, 0.29) is 5.84 Å². The molecule has 0 saturated heterocycles. The van der Waals surface area contributed by atoms with Crippen molar-refractivity contribution in [3.05, 3.63) is 48.5 Å². The van der Waals surface area contributed by atoms with Crippen molar-refractivity contribution < 1.29 is 5.21 Å². The number of aromatic nitrogens is 2. The number of amidine groups is 1. The molecule has 0 saturated carbocycles. The van der Waals surface area contributed by atoms with E-state index in [1.54, 1.807) is 6.20 Å². The molecule has 0 aliphatic heterocycles. The standard InChI is InChI=1S/C14H19N5O/c1-18(8-2-9-19-10-7-16-11-19)13-5-3-12(4-6-13)14(15)17-20/h3-7,10-11,20H,2,8-9H2,1H3,(H2,15,17). The second-order valence-electron chi connectivity index (χ2n) is 4.61. The third kappa shape index (κ3) is 3.50. The van der Waals surface area contributed by atoms with Gasteiger partial charge in [-0.15, -0.1) is 0 Å². The van der Waals surface area contributed by atoms with Crippen LogP contribution >= 0.6 is 0 Å². The fourth-order valence-electron chi connectivity index (χ4n) is 1.98. The lowest BCUT2D eigenvalue weighted by molar-refractivity contribution is 0.318. The number of hydrogen-bond donors (Lipinski definition) is 2.